The molecule has 0 N–H and O–H groups in total. The molecule has 0 heterocycles. The van der Waals surface area contributed by atoms with Gasteiger partial charge in [-0.1, -0.05) is 140 Å². The molecule has 3 nitrogen and oxygen atoms in total. The van der Waals surface area contributed by atoms with Crippen molar-refractivity contribution in [3.63, 3.8) is 0 Å². The summed E-state index contributed by atoms with van der Waals surface area (Å²) in [5.41, 5.74) is 8.22. The molecule has 0 bridgehead atoms. The van der Waals surface area contributed by atoms with E-state index >= 15 is 0 Å². The highest BCUT2D eigenvalue weighted by Crippen LogP contribution is 2.43. The zero-order valence-electron chi connectivity index (χ0n) is 29.9. The van der Waals surface area contributed by atoms with E-state index in [0.29, 0.717) is 24.2 Å². The number of ether oxygens (including phenoxy) is 1. The van der Waals surface area contributed by atoms with Crippen molar-refractivity contribution in [2.45, 2.75) is 114 Å². The van der Waals surface area contributed by atoms with Crippen LogP contribution in [0.1, 0.15) is 108 Å². The zero-order valence-corrected chi connectivity index (χ0v) is 29.9. The molecule has 0 aromatic carbocycles. The molecule has 244 valence electrons. The van der Waals surface area contributed by atoms with Gasteiger partial charge in [0.05, 0.1) is 0 Å². The molecule has 0 spiro atoms. The van der Waals surface area contributed by atoms with E-state index in [1.165, 1.54) is 42.1 Å². The molecule has 0 saturated heterocycles. The number of Topliss-reactive ketones (excluding diaryl/α,β-unsaturated/α-hetero) is 1. The van der Waals surface area contributed by atoms with Crippen molar-refractivity contribution in [1.82, 2.24) is 0 Å². The van der Waals surface area contributed by atoms with Gasteiger partial charge in [0.15, 0.2) is 5.78 Å². The molecule has 0 radical (unpaired) electrons. The van der Waals surface area contributed by atoms with Crippen LogP contribution in [0.25, 0.3) is 0 Å². The molecule has 0 amide bonds. The molecule has 3 heteroatoms. The lowest BCUT2D eigenvalue weighted by molar-refractivity contribution is -0.147. The number of esters is 1. The maximum Gasteiger partial charge on any atom is 0.302 e. The Morgan fingerprint density at radius 2 is 1.38 bits per heavy atom. The Labute approximate surface area is 274 Å². The van der Waals surface area contributed by atoms with Gasteiger partial charge in [0.2, 0.25) is 0 Å². The average molecular weight is 611 g/mol. The second kappa shape index (κ2) is 17.3. The summed E-state index contributed by atoms with van der Waals surface area (Å²) < 4.78 is 5.47. The van der Waals surface area contributed by atoms with Gasteiger partial charge < -0.3 is 4.74 Å². The van der Waals surface area contributed by atoms with Gasteiger partial charge in [-0.15, -0.1) is 0 Å². The van der Waals surface area contributed by atoms with E-state index in [1.807, 2.05) is 44.2 Å². The van der Waals surface area contributed by atoms with Gasteiger partial charge in [0, 0.05) is 25.7 Å². The van der Waals surface area contributed by atoms with Gasteiger partial charge in [-0.25, -0.2) is 0 Å². The quantitative estimate of drug-likeness (QED) is 0.0955. The summed E-state index contributed by atoms with van der Waals surface area (Å²) in [6.07, 6.45) is 31.7. The van der Waals surface area contributed by atoms with Crippen molar-refractivity contribution in [2.75, 3.05) is 0 Å². The van der Waals surface area contributed by atoms with Crippen LogP contribution in [-0.4, -0.2) is 17.9 Å². The smallest absolute Gasteiger partial charge is 0.302 e. The molecule has 0 aromatic rings. The fourth-order valence-electron chi connectivity index (χ4n) is 6.42. The van der Waals surface area contributed by atoms with E-state index in [1.54, 1.807) is 0 Å². The number of rotatable bonds is 12. The molecule has 0 aromatic heterocycles. The number of carbonyl (C=O) groups is 2. The van der Waals surface area contributed by atoms with Crippen LogP contribution in [0.4, 0.5) is 0 Å². The fraction of sp³-hybridized carbons (Fsp3) is 0.476. The number of ketones is 1. The second-order valence-corrected chi connectivity index (χ2v) is 14.4. The molecule has 2 unspecified atom stereocenters. The van der Waals surface area contributed by atoms with Crippen molar-refractivity contribution in [1.29, 1.82) is 0 Å². The Kier molecular flexibility index (Phi) is 14.5. The van der Waals surface area contributed by atoms with Crippen molar-refractivity contribution in [2.24, 2.45) is 16.7 Å². The number of hydrogen-bond donors (Lipinski definition) is 0. The molecule has 2 aliphatic rings. The summed E-state index contributed by atoms with van der Waals surface area (Å²) in [5, 5.41) is 0. The zero-order chi connectivity index (χ0) is 33.8. The van der Waals surface area contributed by atoms with Crippen LogP contribution in [0.3, 0.4) is 0 Å². The van der Waals surface area contributed by atoms with Crippen LogP contribution in [0.15, 0.2) is 118 Å². The monoisotopic (exact) mass is 610 g/mol. The second-order valence-electron chi connectivity index (χ2n) is 14.4. The first kappa shape index (κ1) is 37.7. The Balaban J connectivity index is 1.90. The van der Waals surface area contributed by atoms with Crippen LogP contribution in [0, 0.1) is 16.7 Å². The summed E-state index contributed by atoms with van der Waals surface area (Å²) in [7, 11) is 0. The highest BCUT2D eigenvalue weighted by molar-refractivity contribution is 5.96. The third kappa shape index (κ3) is 12.8. The summed E-state index contributed by atoms with van der Waals surface area (Å²) in [5.74, 6) is 0.386. The van der Waals surface area contributed by atoms with Crippen molar-refractivity contribution in [3.8, 4) is 0 Å². The topological polar surface area (TPSA) is 43.4 Å². The van der Waals surface area contributed by atoms with Crippen molar-refractivity contribution < 1.29 is 14.3 Å². The minimum atomic E-state index is -0.249. The predicted molar refractivity (Wildman–Crippen MR) is 193 cm³/mol. The number of carbonyl (C=O) groups excluding carboxylic acids is 2. The first-order valence-electron chi connectivity index (χ1n) is 16.5. The standard InChI is InChI=1S/C42H58O3/c1-30(19-14-20-32(3)24-25-38-33(4)23-16-26-41(38,8)9)17-12-13-18-31(2)21-15-22-34(5)40(44)28-39-35(6)27-37(45-36(7)43)29-42(39,10)11/h12-15,17-25,37-38H,16,26-29H2,1-11H3/b13-12+,19-14+,21-15+,25-24+,30-17+,31-18+,32-20+,34-22+. The molecule has 45 heavy (non-hydrogen) atoms. The van der Waals surface area contributed by atoms with Crippen LogP contribution in [0.5, 0.6) is 0 Å². The molecule has 2 rings (SSSR count). The Bertz CT molecular complexity index is 1390. The van der Waals surface area contributed by atoms with E-state index in [2.05, 4.69) is 104 Å². The highest BCUT2D eigenvalue weighted by atomic mass is 16.5. The lowest BCUT2D eigenvalue weighted by atomic mass is 9.68. The molecule has 0 fully saturated rings. The van der Waals surface area contributed by atoms with E-state index < -0.39 is 0 Å². The normalized spacial score (nSPS) is 23.5. The van der Waals surface area contributed by atoms with Gasteiger partial charge in [-0.05, 0) is 77.2 Å². The van der Waals surface area contributed by atoms with Gasteiger partial charge >= 0.3 is 5.97 Å². The summed E-state index contributed by atoms with van der Waals surface area (Å²) in [6.45, 7) is 23.0. The third-order valence-electron chi connectivity index (χ3n) is 9.11. The van der Waals surface area contributed by atoms with Crippen LogP contribution >= 0.6 is 0 Å². The fourth-order valence-corrected chi connectivity index (χ4v) is 6.42. The van der Waals surface area contributed by atoms with Gasteiger partial charge in [0.1, 0.15) is 6.10 Å². The lowest BCUT2D eigenvalue weighted by Crippen LogP contribution is -2.32. The molecule has 2 atom stereocenters. The first-order chi connectivity index (χ1) is 21.0. The van der Waals surface area contributed by atoms with Crippen LogP contribution in [0.2, 0.25) is 0 Å². The van der Waals surface area contributed by atoms with Crippen molar-refractivity contribution >= 4 is 11.8 Å². The van der Waals surface area contributed by atoms with Gasteiger partial charge in [0.25, 0.3) is 0 Å². The molecular weight excluding hydrogens is 552 g/mol. The maximum absolute atomic E-state index is 13.0. The molecule has 0 aliphatic heterocycles. The predicted octanol–water partition coefficient (Wildman–Crippen LogP) is 11.4. The SMILES string of the molecule is CC(=O)OC1CC(C)=C(CC(=O)/C(C)=C/C=C/C(C)=C/C=C/C=C(C)/C=C/C=C(C)/C=C/C2C(C)=CCCC2(C)C)C(C)(C)C1. The first-order valence-corrected chi connectivity index (χ1v) is 16.5. The minimum absolute atomic E-state index is 0.115. The Morgan fingerprint density at radius 3 is 1.93 bits per heavy atom. The van der Waals surface area contributed by atoms with Gasteiger partial charge in [-0.2, -0.15) is 0 Å². The molecule has 2 aliphatic carbocycles. The van der Waals surface area contributed by atoms with Crippen LogP contribution < -0.4 is 0 Å². The number of allylic oxidation sites excluding steroid dienone is 19. The Morgan fingerprint density at radius 1 is 0.822 bits per heavy atom. The van der Waals surface area contributed by atoms with E-state index in [-0.39, 0.29) is 23.3 Å². The minimum Gasteiger partial charge on any atom is -0.462 e. The molecule has 0 saturated carbocycles. The van der Waals surface area contributed by atoms with E-state index in [4.69, 9.17) is 4.74 Å². The molecular formula is C42H58O3. The Hall–Kier alpha value is -3.46. The lowest BCUT2D eigenvalue weighted by Gasteiger charge is -2.38. The maximum atomic E-state index is 13.0. The highest BCUT2D eigenvalue weighted by Gasteiger charge is 2.36. The average Bonchev–Trinajstić information content (AvgIpc) is 2.91. The van der Waals surface area contributed by atoms with Crippen molar-refractivity contribution in [3.05, 3.63) is 118 Å². The third-order valence-corrected chi connectivity index (χ3v) is 9.11. The largest absolute Gasteiger partial charge is 0.462 e. The van der Waals surface area contributed by atoms with Gasteiger partial charge in [-0.3, -0.25) is 9.59 Å². The van der Waals surface area contributed by atoms with E-state index in [0.717, 1.165) is 23.1 Å². The summed E-state index contributed by atoms with van der Waals surface area (Å²) >= 11 is 0. The summed E-state index contributed by atoms with van der Waals surface area (Å²) in [4.78, 5) is 24.5. The summed E-state index contributed by atoms with van der Waals surface area (Å²) in [6, 6.07) is 0. The number of hydrogen-bond acceptors (Lipinski definition) is 3. The van der Waals surface area contributed by atoms with E-state index in [9.17, 15) is 9.59 Å². The van der Waals surface area contributed by atoms with Crippen LogP contribution in [-0.2, 0) is 14.3 Å².